The van der Waals surface area contributed by atoms with Crippen LogP contribution in [0.2, 0.25) is 0 Å². The van der Waals surface area contributed by atoms with Crippen molar-refractivity contribution in [2.24, 2.45) is 0 Å². The summed E-state index contributed by atoms with van der Waals surface area (Å²) in [4.78, 5) is 15.9. The van der Waals surface area contributed by atoms with Crippen LogP contribution in [-0.2, 0) is 11.2 Å². The second-order valence-corrected chi connectivity index (χ2v) is 4.89. The number of hydrogen-bond acceptors (Lipinski definition) is 2. The van der Waals surface area contributed by atoms with Crippen LogP contribution in [0.25, 0.3) is 11.3 Å². The number of aromatic nitrogens is 1. The fraction of sp³-hybridized carbons (Fsp3) is 0.250. The molecule has 1 atom stereocenters. The van der Waals surface area contributed by atoms with Crippen LogP contribution in [0.15, 0.2) is 42.5 Å². The Morgan fingerprint density at radius 3 is 2.68 bits per heavy atom. The average molecular weight is 253 g/mol. The molecule has 3 heteroatoms. The number of rotatable bonds is 2. The van der Waals surface area contributed by atoms with Gasteiger partial charge in [-0.15, -0.1) is 0 Å². The molecule has 3 rings (SSSR count). The highest BCUT2D eigenvalue weighted by molar-refractivity contribution is 5.76. The fourth-order valence-electron chi connectivity index (χ4n) is 2.66. The van der Waals surface area contributed by atoms with Crippen LogP contribution >= 0.6 is 0 Å². The quantitative estimate of drug-likeness (QED) is 0.893. The van der Waals surface area contributed by atoms with Gasteiger partial charge in [0, 0.05) is 5.56 Å². The zero-order chi connectivity index (χ0) is 13.2. The minimum atomic E-state index is -0.765. The normalized spacial score (nSPS) is 17.8. The summed E-state index contributed by atoms with van der Waals surface area (Å²) >= 11 is 0. The van der Waals surface area contributed by atoms with Crippen molar-refractivity contribution in [2.75, 3.05) is 0 Å². The van der Waals surface area contributed by atoms with Crippen LogP contribution in [0.1, 0.15) is 30.0 Å². The van der Waals surface area contributed by atoms with E-state index in [9.17, 15) is 9.90 Å². The molecule has 1 aliphatic rings. The summed E-state index contributed by atoms with van der Waals surface area (Å²) in [5.74, 6) is -1.22. The molecule has 0 bridgehead atoms. The third-order valence-electron chi connectivity index (χ3n) is 3.65. The van der Waals surface area contributed by atoms with E-state index >= 15 is 0 Å². The van der Waals surface area contributed by atoms with Crippen LogP contribution in [0.5, 0.6) is 0 Å². The first kappa shape index (κ1) is 11.9. The van der Waals surface area contributed by atoms with Crippen molar-refractivity contribution >= 4 is 5.97 Å². The van der Waals surface area contributed by atoms with Gasteiger partial charge in [-0.05, 0) is 30.9 Å². The van der Waals surface area contributed by atoms with Gasteiger partial charge in [0.25, 0.3) is 0 Å². The second-order valence-electron chi connectivity index (χ2n) is 4.89. The number of aryl methyl sites for hydroxylation is 1. The lowest BCUT2D eigenvalue weighted by molar-refractivity contribution is -0.139. The molecule has 19 heavy (non-hydrogen) atoms. The number of carbonyl (C=O) groups is 1. The maximum absolute atomic E-state index is 11.3. The van der Waals surface area contributed by atoms with E-state index in [-0.39, 0.29) is 0 Å². The molecule has 0 aliphatic heterocycles. The SMILES string of the molecule is O=C(O)C1CCCc2ccc(-c3ccccc3)nc21. The van der Waals surface area contributed by atoms with E-state index < -0.39 is 11.9 Å². The molecule has 2 aromatic rings. The minimum absolute atomic E-state index is 0.451. The highest BCUT2D eigenvalue weighted by Gasteiger charge is 2.27. The number of benzene rings is 1. The van der Waals surface area contributed by atoms with Crippen LogP contribution in [-0.4, -0.2) is 16.1 Å². The van der Waals surface area contributed by atoms with Gasteiger partial charge in [0.2, 0.25) is 0 Å². The summed E-state index contributed by atoms with van der Waals surface area (Å²) in [6, 6.07) is 13.9. The molecule has 0 saturated carbocycles. The summed E-state index contributed by atoms with van der Waals surface area (Å²) in [6.07, 6.45) is 2.55. The molecule has 1 unspecified atom stereocenters. The zero-order valence-electron chi connectivity index (χ0n) is 10.5. The summed E-state index contributed by atoms with van der Waals surface area (Å²) in [5, 5.41) is 9.31. The molecule has 1 aliphatic carbocycles. The lowest BCUT2D eigenvalue weighted by Crippen LogP contribution is -2.19. The topological polar surface area (TPSA) is 50.2 Å². The molecule has 0 fully saturated rings. The summed E-state index contributed by atoms with van der Waals surface area (Å²) in [7, 11) is 0. The number of aliphatic carboxylic acids is 1. The van der Waals surface area contributed by atoms with Crippen molar-refractivity contribution < 1.29 is 9.90 Å². The van der Waals surface area contributed by atoms with Gasteiger partial charge in [-0.2, -0.15) is 0 Å². The van der Waals surface area contributed by atoms with E-state index in [1.165, 1.54) is 0 Å². The lowest BCUT2D eigenvalue weighted by Gasteiger charge is -2.21. The number of carboxylic acids is 1. The standard InChI is InChI=1S/C16H15NO2/c18-16(19)13-8-4-7-12-9-10-14(17-15(12)13)11-5-2-1-3-6-11/h1-3,5-6,9-10,13H,4,7-8H2,(H,18,19). The Kier molecular flexibility index (Phi) is 3.03. The van der Waals surface area contributed by atoms with E-state index in [0.717, 1.165) is 35.4 Å². The van der Waals surface area contributed by atoms with E-state index in [0.29, 0.717) is 6.42 Å². The van der Waals surface area contributed by atoms with Gasteiger partial charge in [-0.25, -0.2) is 0 Å². The first-order valence-corrected chi connectivity index (χ1v) is 6.54. The molecule has 0 radical (unpaired) electrons. The number of fused-ring (bicyclic) bond motifs is 1. The molecule has 1 heterocycles. The molecule has 0 saturated heterocycles. The second kappa shape index (κ2) is 4.84. The van der Waals surface area contributed by atoms with Crippen molar-refractivity contribution in [1.29, 1.82) is 0 Å². The Bertz CT molecular complexity index is 607. The van der Waals surface area contributed by atoms with E-state index in [1.54, 1.807) is 0 Å². The first-order chi connectivity index (χ1) is 9.25. The summed E-state index contributed by atoms with van der Waals surface area (Å²) in [6.45, 7) is 0. The molecule has 96 valence electrons. The lowest BCUT2D eigenvalue weighted by atomic mass is 9.86. The third-order valence-corrected chi connectivity index (χ3v) is 3.65. The highest BCUT2D eigenvalue weighted by atomic mass is 16.4. The molecule has 1 aromatic heterocycles. The molecule has 3 nitrogen and oxygen atoms in total. The smallest absolute Gasteiger partial charge is 0.312 e. The van der Waals surface area contributed by atoms with Gasteiger partial charge in [0.1, 0.15) is 0 Å². The van der Waals surface area contributed by atoms with Gasteiger partial charge >= 0.3 is 5.97 Å². The van der Waals surface area contributed by atoms with Crippen molar-refractivity contribution in [3.63, 3.8) is 0 Å². The predicted molar refractivity (Wildman–Crippen MR) is 73.0 cm³/mol. The van der Waals surface area contributed by atoms with Crippen LogP contribution in [0, 0.1) is 0 Å². The summed E-state index contributed by atoms with van der Waals surface area (Å²) in [5.41, 5.74) is 3.71. The monoisotopic (exact) mass is 253 g/mol. The molecular weight excluding hydrogens is 238 g/mol. The highest BCUT2D eigenvalue weighted by Crippen LogP contribution is 2.32. The Hall–Kier alpha value is -2.16. The van der Waals surface area contributed by atoms with Crippen LogP contribution in [0.3, 0.4) is 0 Å². The van der Waals surface area contributed by atoms with Gasteiger partial charge in [0.05, 0.1) is 17.3 Å². The molecular formula is C16H15NO2. The Balaban J connectivity index is 2.07. The molecule has 1 aromatic carbocycles. The first-order valence-electron chi connectivity index (χ1n) is 6.54. The Morgan fingerprint density at radius 2 is 1.95 bits per heavy atom. The van der Waals surface area contributed by atoms with Crippen LogP contribution in [0.4, 0.5) is 0 Å². The number of pyridine rings is 1. The minimum Gasteiger partial charge on any atom is -0.481 e. The maximum Gasteiger partial charge on any atom is 0.312 e. The fourth-order valence-corrected chi connectivity index (χ4v) is 2.66. The average Bonchev–Trinajstić information content (AvgIpc) is 2.47. The molecule has 1 N–H and O–H groups in total. The maximum atomic E-state index is 11.3. The van der Waals surface area contributed by atoms with Crippen LogP contribution < -0.4 is 0 Å². The van der Waals surface area contributed by atoms with E-state index in [1.807, 2.05) is 42.5 Å². The van der Waals surface area contributed by atoms with Crippen molar-refractivity contribution in [2.45, 2.75) is 25.2 Å². The van der Waals surface area contributed by atoms with Crippen molar-refractivity contribution in [3.05, 3.63) is 53.7 Å². The van der Waals surface area contributed by atoms with Gasteiger partial charge in [-0.1, -0.05) is 36.4 Å². The third kappa shape index (κ3) is 2.24. The van der Waals surface area contributed by atoms with E-state index in [4.69, 9.17) is 0 Å². The van der Waals surface area contributed by atoms with Gasteiger partial charge in [0.15, 0.2) is 0 Å². The number of nitrogens with zero attached hydrogens (tertiary/aromatic N) is 1. The van der Waals surface area contributed by atoms with Crippen molar-refractivity contribution in [1.82, 2.24) is 4.98 Å². The number of carboxylic acid groups (broad SMARTS) is 1. The van der Waals surface area contributed by atoms with Crippen molar-refractivity contribution in [3.8, 4) is 11.3 Å². The molecule has 0 amide bonds. The largest absolute Gasteiger partial charge is 0.481 e. The summed E-state index contributed by atoms with van der Waals surface area (Å²) < 4.78 is 0. The Morgan fingerprint density at radius 1 is 1.16 bits per heavy atom. The molecule has 0 spiro atoms. The van der Waals surface area contributed by atoms with Gasteiger partial charge < -0.3 is 5.11 Å². The zero-order valence-corrected chi connectivity index (χ0v) is 10.5. The van der Waals surface area contributed by atoms with Gasteiger partial charge in [-0.3, -0.25) is 9.78 Å². The number of hydrogen-bond donors (Lipinski definition) is 1. The van der Waals surface area contributed by atoms with E-state index in [2.05, 4.69) is 4.98 Å². The predicted octanol–water partition coefficient (Wildman–Crippen LogP) is 3.25. The Labute approximate surface area is 111 Å².